The predicted molar refractivity (Wildman–Crippen MR) is 110 cm³/mol. The van der Waals surface area contributed by atoms with Crippen LogP contribution in [0, 0.1) is 17.1 Å². The molecule has 0 radical (unpaired) electrons. The molecule has 0 saturated heterocycles. The van der Waals surface area contributed by atoms with Crippen molar-refractivity contribution >= 4 is 56.2 Å². The summed E-state index contributed by atoms with van der Waals surface area (Å²) in [6.45, 7) is 0. The molecule has 2 heterocycles. The zero-order chi connectivity index (χ0) is 19.5. The molecule has 0 atom stereocenters. The lowest BCUT2D eigenvalue weighted by molar-refractivity contribution is -0.113. The van der Waals surface area contributed by atoms with Crippen LogP contribution >= 0.6 is 34.4 Å². The highest BCUT2D eigenvalue weighted by Crippen LogP contribution is 2.38. The van der Waals surface area contributed by atoms with Crippen molar-refractivity contribution in [3.8, 4) is 6.07 Å². The summed E-state index contributed by atoms with van der Waals surface area (Å²) in [6.07, 6.45) is 2.95. The molecule has 10 heteroatoms. The van der Waals surface area contributed by atoms with E-state index in [2.05, 4.69) is 26.9 Å². The van der Waals surface area contributed by atoms with E-state index in [4.69, 9.17) is 0 Å². The highest BCUT2D eigenvalue weighted by atomic mass is 32.2. The van der Waals surface area contributed by atoms with Gasteiger partial charge in [-0.2, -0.15) is 5.26 Å². The second kappa shape index (κ2) is 8.26. The van der Waals surface area contributed by atoms with Gasteiger partial charge in [0.05, 0.1) is 17.0 Å². The van der Waals surface area contributed by atoms with Gasteiger partial charge < -0.3 is 10.6 Å². The number of benzene rings is 1. The third-order valence-electron chi connectivity index (χ3n) is 4.13. The summed E-state index contributed by atoms with van der Waals surface area (Å²) in [7, 11) is 0. The Morgan fingerprint density at radius 1 is 1.29 bits per heavy atom. The van der Waals surface area contributed by atoms with Crippen LogP contribution in [0.3, 0.4) is 0 Å². The second-order valence-electron chi connectivity index (χ2n) is 5.99. The molecule has 0 unspecified atom stereocenters. The zero-order valence-electron chi connectivity index (χ0n) is 14.5. The first-order valence-electron chi connectivity index (χ1n) is 8.46. The van der Waals surface area contributed by atoms with Crippen molar-refractivity contribution in [1.82, 2.24) is 10.2 Å². The Labute approximate surface area is 172 Å². The van der Waals surface area contributed by atoms with Gasteiger partial charge in [0.1, 0.15) is 16.9 Å². The van der Waals surface area contributed by atoms with Crippen LogP contribution in [0.1, 0.15) is 22.4 Å². The van der Waals surface area contributed by atoms with E-state index in [0.717, 1.165) is 24.8 Å². The summed E-state index contributed by atoms with van der Waals surface area (Å²) in [4.78, 5) is 13.5. The average Bonchev–Trinajstić information content (AvgIpc) is 3.38. The van der Waals surface area contributed by atoms with Crippen molar-refractivity contribution in [2.45, 2.75) is 23.6 Å². The molecule has 2 aromatic heterocycles. The quantitative estimate of drug-likeness (QED) is 0.556. The fourth-order valence-electron chi connectivity index (χ4n) is 2.90. The van der Waals surface area contributed by atoms with Gasteiger partial charge in [0.25, 0.3) is 0 Å². The lowest BCUT2D eigenvalue weighted by Crippen LogP contribution is -2.13. The summed E-state index contributed by atoms with van der Waals surface area (Å²) in [5, 5.41) is 24.2. The minimum atomic E-state index is -0.373. The number of thiophene rings is 1. The first-order chi connectivity index (χ1) is 13.6. The first kappa shape index (κ1) is 18.9. The lowest BCUT2D eigenvalue weighted by Gasteiger charge is -2.03. The Morgan fingerprint density at radius 3 is 2.96 bits per heavy atom. The van der Waals surface area contributed by atoms with Crippen LogP contribution in [0.25, 0.3) is 0 Å². The Bertz CT molecular complexity index is 1070. The molecule has 0 aliphatic heterocycles. The number of halogens is 1. The molecular weight excluding hydrogens is 417 g/mol. The number of amides is 1. The standard InChI is InChI=1S/C18H14FN5OS3/c19-12-5-1-2-6-13(12)21-17-23-24-18(28-17)26-9-15(25)22-16-11(8-20)10-4-3-7-14(10)27-16/h1-2,5-6H,3-4,7,9H2,(H,21,23)(H,22,25). The zero-order valence-corrected chi connectivity index (χ0v) is 16.9. The van der Waals surface area contributed by atoms with E-state index in [-0.39, 0.29) is 17.5 Å². The maximum absolute atomic E-state index is 13.7. The number of hydrogen-bond donors (Lipinski definition) is 2. The number of anilines is 3. The Kier molecular flexibility index (Phi) is 5.57. The third-order valence-corrected chi connectivity index (χ3v) is 7.31. The Balaban J connectivity index is 1.34. The normalized spacial score (nSPS) is 12.4. The fraction of sp³-hybridized carbons (Fsp3) is 0.222. The topological polar surface area (TPSA) is 90.7 Å². The van der Waals surface area contributed by atoms with Gasteiger partial charge >= 0.3 is 0 Å². The van der Waals surface area contributed by atoms with Crippen LogP contribution in [0.15, 0.2) is 28.6 Å². The molecule has 28 heavy (non-hydrogen) atoms. The molecule has 3 aromatic rings. The predicted octanol–water partition coefficient (Wildman–Crippen LogP) is 4.57. The first-order valence-corrected chi connectivity index (χ1v) is 11.1. The molecule has 0 bridgehead atoms. The van der Waals surface area contributed by atoms with Crippen molar-refractivity contribution < 1.29 is 9.18 Å². The number of aryl methyl sites for hydroxylation is 1. The molecular formula is C18H14FN5OS3. The number of carbonyl (C=O) groups excluding carboxylic acids is 1. The number of para-hydroxylation sites is 1. The van der Waals surface area contributed by atoms with Gasteiger partial charge in [-0.05, 0) is 37.0 Å². The fourth-order valence-corrected chi connectivity index (χ4v) is 5.72. The van der Waals surface area contributed by atoms with Crippen LogP contribution in [0.5, 0.6) is 0 Å². The van der Waals surface area contributed by atoms with Gasteiger partial charge in [-0.15, -0.1) is 21.5 Å². The number of rotatable bonds is 6. The number of hydrogen-bond acceptors (Lipinski definition) is 8. The monoisotopic (exact) mass is 431 g/mol. The molecule has 1 aliphatic carbocycles. The van der Waals surface area contributed by atoms with Crippen LogP contribution in [-0.4, -0.2) is 21.9 Å². The Hall–Kier alpha value is -2.48. The van der Waals surface area contributed by atoms with Gasteiger partial charge in [0.15, 0.2) is 4.34 Å². The van der Waals surface area contributed by atoms with E-state index in [9.17, 15) is 14.4 Å². The smallest absolute Gasteiger partial charge is 0.235 e. The second-order valence-corrected chi connectivity index (χ2v) is 9.29. The van der Waals surface area contributed by atoms with E-state index in [1.165, 1.54) is 45.4 Å². The van der Waals surface area contributed by atoms with Gasteiger partial charge in [0, 0.05) is 4.88 Å². The third kappa shape index (κ3) is 4.01. The van der Waals surface area contributed by atoms with E-state index >= 15 is 0 Å². The molecule has 142 valence electrons. The van der Waals surface area contributed by atoms with Crippen LogP contribution in [-0.2, 0) is 17.6 Å². The molecule has 1 aliphatic rings. The van der Waals surface area contributed by atoms with Crippen molar-refractivity contribution in [2.24, 2.45) is 0 Å². The summed E-state index contributed by atoms with van der Waals surface area (Å²) in [6, 6.07) is 8.53. The minimum Gasteiger partial charge on any atom is -0.328 e. The maximum atomic E-state index is 13.7. The molecule has 0 saturated carbocycles. The summed E-state index contributed by atoms with van der Waals surface area (Å²) in [5.74, 6) is -0.412. The van der Waals surface area contributed by atoms with Gasteiger partial charge in [-0.1, -0.05) is 35.2 Å². The number of nitriles is 1. The lowest BCUT2D eigenvalue weighted by atomic mass is 10.1. The number of nitrogens with zero attached hydrogens (tertiary/aromatic N) is 3. The Morgan fingerprint density at radius 2 is 2.14 bits per heavy atom. The van der Waals surface area contributed by atoms with Crippen LogP contribution in [0.2, 0.25) is 0 Å². The van der Waals surface area contributed by atoms with E-state index < -0.39 is 0 Å². The van der Waals surface area contributed by atoms with Crippen LogP contribution in [0.4, 0.5) is 20.2 Å². The van der Waals surface area contributed by atoms with Crippen LogP contribution < -0.4 is 10.6 Å². The number of nitrogens with one attached hydrogen (secondary N) is 2. The van der Waals surface area contributed by atoms with Gasteiger partial charge in [-0.25, -0.2) is 4.39 Å². The van der Waals surface area contributed by atoms with E-state index in [0.29, 0.717) is 25.7 Å². The molecule has 1 amide bonds. The van der Waals surface area contributed by atoms with Crippen molar-refractivity contribution in [3.63, 3.8) is 0 Å². The number of carbonyl (C=O) groups is 1. The minimum absolute atomic E-state index is 0.155. The average molecular weight is 432 g/mol. The molecule has 0 spiro atoms. The molecule has 4 rings (SSSR count). The van der Waals surface area contributed by atoms with Crippen molar-refractivity contribution in [1.29, 1.82) is 5.26 Å². The molecule has 0 fully saturated rings. The van der Waals surface area contributed by atoms with Crippen molar-refractivity contribution in [2.75, 3.05) is 16.4 Å². The molecule has 1 aromatic carbocycles. The number of thioether (sulfide) groups is 1. The highest BCUT2D eigenvalue weighted by Gasteiger charge is 2.23. The van der Waals surface area contributed by atoms with E-state index in [1.54, 1.807) is 18.2 Å². The SMILES string of the molecule is N#Cc1c(NC(=O)CSc2nnc(Nc3ccccc3F)s2)sc2c1CCC2. The summed E-state index contributed by atoms with van der Waals surface area (Å²) in [5.41, 5.74) is 2.01. The maximum Gasteiger partial charge on any atom is 0.235 e. The highest BCUT2D eigenvalue weighted by molar-refractivity contribution is 8.01. The number of aromatic nitrogens is 2. The molecule has 2 N–H and O–H groups in total. The van der Waals surface area contributed by atoms with Crippen molar-refractivity contribution in [3.05, 3.63) is 46.1 Å². The largest absolute Gasteiger partial charge is 0.328 e. The summed E-state index contributed by atoms with van der Waals surface area (Å²) >= 11 is 3.99. The summed E-state index contributed by atoms with van der Waals surface area (Å²) < 4.78 is 14.3. The van der Waals surface area contributed by atoms with E-state index in [1.807, 2.05) is 0 Å². The van der Waals surface area contributed by atoms with Gasteiger partial charge in [-0.3, -0.25) is 4.79 Å². The molecule has 6 nitrogen and oxygen atoms in total. The van der Waals surface area contributed by atoms with Gasteiger partial charge in [0.2, 0.25) is 11.0 Å². The number of fused-ring (bicyclic) bond motifs is 1.